The zero-order valence-corrected chi connectivity index (χ0v) is 35.8. The van der Waals surface area contributed by atoms with Crippen LogP contribution in [-0.4, -0.2) is 139 Å². The summed E-state index contributed by atoms with van der Waals surface area (Å²) in [5, 5.41) is 25.9. The van der Waals surface area contributed by atoms with Crippen LogP contribution in [0.25, 0.3) is 10.9 Å². The second kappa shape index (κ2) is 15.6. The highest BCUT2D eigenvalue weighted by molar-refractivity contribution is 5.97. The molecule has 1 saturated carbocycles. The molecule has 1 unspecified atom stereocenters. The quantitative estimate of drug-likeness (QED) is 0.110. The van der Waals surface area contributed by atoms with Crippen molar-refractivity contribution >= 4 is 53.1 Å². The van der Waals surface area contributed by atoms with Crippen LogP contribution in [0.2, 0.25) is 0 Å². The van der Waals surface area contributed by atoms with E-state index in [0.29, 0.717) is 66.8 Å². The molecule has 1 spiro atoms. The van der Waals surface area contributed by atoms with Gasteiger partial charge >= 0.3 is 17.9 Å². The predicted molar refractivity (Wildman–Crippen MR) is 223 cm³/mol. The van der Waals surface area contributed by atoms with Crippen LogP contribution >= 0.6 is 0 Å². The molecule has 3 aromatic rings. The van der Waals surface area contributed by atoms with E-state index in [9.17, 15) is 34.2 Å². The number of methoxy groups -OCH3 is 3. The van der Waals surface area contributed by atoms with E-state index in [0.717, 1.165) is 12.5 Å². The fraction of sp³-hybridized carbons (Fsp3) is 0.522. The molecule has 8 rings (SSSR count). The van der Waals surface area contributed by atoms with Crippen LogP contribution in [0.4, 0.5) is 5.69 Å². The van der Waals surface area contributed by atoms with Crippen molar-refractivity contribution in [3.8, 4) is 5.75 Å². The fourth-order valence-corrected chi connectivity index (χ4v) is 12.5. The smallest absolute Gasteiger partial charge is 0.344 e. The highest BCUT2D eigenvalue weighted by Crippen LogP contribution is 2.68. The molecule has 62 heavy (non-hydrogen) atoms. The number of hydrogen-bond acceptors (Lipinski definition) is 13. The molecule has 0 bridgehead atoms. The van der Waals surface area contributed by atoms with Gasteiger partial charge in [-0.2, -0.15) is 0 Å². The minimum absolute atomic E-state index is 0.00181. The Labute approximate surface area is 359 Å². The number of aliphatic hydroxyl groups is 2. The zero-order valence-electron chi connectivity index (χ0n) is 35.8. The second-order valence-corrected chi connectivity index (χ2v) is 17.3. The Morgan fingerprint density at radius 2 is 1.73 bits per heavy atom. The number of Topliss-reactive ketones (excluding diaryl/α,β-unsaturated/α-hetero) is 1. The van der Waals surface area contributed by atoms with E-state index < -0.39 is 75.7 Å². The van der Waals surface area contributed by atoms with Gasteiger partial charge in [-0.25, -0.2) is 4.79 Å². The molecule has 9 atom stereocenters. The standard InChI is InChI=1S/C46H54N4O12/c1-7-34(54)36(55)27-22-45(41(56)60-5,37-29(14-18-48(23-27)24-51)28-12-9-10-13-32(28)47-37)31-20-30-33(21-35(31)59-4)50(25-52)39-44(30)16-19-49-17-11-15-43(8-2,38(44)49)40(62-26(3)53)46(39,58)42(57)61-6/h9-13,15,20-21,24-25,27,36,38-40,47,55,58H,7-8,14,16-19,22-23H2,1-6H3/t27-,36+,38-,39?,40+,43+,44+,45-,46-/m0/s1. The van der Waals surface area contributed by atoms with Crippen molar-refractivity contribution in [1.82, 2.24) is 14.8 Å². The SMILES string of the molecule is CCC(=O)[C@H](O)[C@@H]1CN(C=O)CCc2c([nH]c3ccccc23)[C@@](C(=O)OC)(c2cc3c(cc2OC)N(C=O)C2[C@]34CCN3CC=C[C@@](CC)([C@@H](OC(C)=O)[C@]2(O)C(=O)OC)[C@H]34)C1. The van der Waals surface area contributed by atoms with Crippen molar-refractivity contribution in [2.24, 2.45) is 11.3 Å². The maximum Gasteiger partial charge on any atom is 0.344 e. The average molecular weight is 855 g/mol. The number of nitrogens with zero attached hydrogens (tertiary/aromatic N) is 3. The molecule has 5 aliphatic rings. The van der Waals surface area contributed by atoms with Gasteiger partial charge in [-0.1, -0.05) is 44.2 Å². The van der Waals surface area contributed by atoms with E-state index in [1.807, 2.05) is 43.3 Å². The summed E-state index contributed by atoms with van der Waals surface area (Å²) in [4.78, 5) is 91.1. The Bertz CT molecular complexity index is 2380. The predicted octanol–water partition coefficient (Wildman–Crippen LogP) is 2.47. The van der Waals surface area contributed by atoms with Crippen molar-refractivity contribution in [2.45, 2.75) is 93.6 Å². The number of H-pyrrole nitrogens is 1. The highest BCUT2D eigenvalue weighted by Gasteiger charge is 2.81. The van der Waals surface area contributed by atoms with Gasteiger partial charge in [0.05, 0.1) is 33.1 Å². The second-order valence-electron chi connectivity index (χ2n) is 17.3. The first-order valence-corrected chi connectivity index (χ1v) is 21.2. The van der Waals surface area contributed by atoms with Gasteiger partial charge in [0.25, 0.3) is 0 Å². The lowest BCUT2D eigenvalue weighted by atomic mass is 9.47. The summed E-state index contributed by atoms with van der Waals surface area (Å²) >= 11 is 0. The summed E-state index contributed by atoms with van der Waals surface area (Å²) in [7, 11) is 3.80. The van der Waals surface area contributed by atoms with Crippen LogP contribution in [0.1, 0.15) is 68.8 Å². The molecule has 16 nitrogen and oxygen atoms in total. The van der Waals surface area contributed by atoms with Gasteiger partial charge in [-0.15, -0.1) is 0 Å². The molecule has 2 amide bonds. The normalized spacial score (nSPS) is 31.6. The van der Waals surface area contributed by atoms with E-state index in [2.05, 4.69) is 9.88 Å². The highest BCUT2D eigenvalue weighted by atomic mass is 16.6. The minimum atomic E-state index is -2.62. The lowest BCUT2D eigenvalue weighted by molar-refractivity contribution is -0.228. The molecular weight excluding hydrogens is 801 g/mol. The van der Waals surface area contributed by atoms with Gasteiger partial charge in [0, 0.05) is 84.0 Å². The van der Waals surface area contributed by atoms with Crippen LogP contribution in [-0.2, 0) is 60.2 Å². The summed E-state index contributed by atoms with van der Waals surface area (Å²) in [5.74, 6) is -3.92. The number of anilines is 1. The van der Waals surface area contributed by atoms with E-state index >= 15 is 4.79 Å². The molecule has 4 aliphatic heterocycles. The molecule has 2 fully saturated rings. The number of ketones is 1. The van der Waals surface area contributed by atoms with Gasteiger partial charge in [0.15, 0.2) is 11.9 Å². The van der Waals surface area contributed by atoms with Crippen molar-refractivity contribution in [3.63, 3.8) is 0 Å². The number of aromatic nitrogens is 1. The number of ether oxygens (including phenoxy) is 4. The number of carbonyl (C=O) groups excluding carboxylic acids is 6. The molecule has 3 N–H and O–H groups in total. The van der Waals surface area contributed by atoms with Crippen LogP contribution in [0.5, 0.6) is 5.75 Å². The molecule has 330 valence electrons. The van der Waals surface area contributed by atoms with Gasteiger partial charge in [0.2, 0.25) is 18.4 Å². The molecule has 2 aromatic carbocycles. The monoisotopic (exact) mass is 854 g/mol. The first-order chi connectivity index (χ1) is 29.7. The van der Waals surface area contributed by atoms with Gasteiger partial charge < -0.3 is 43.9 Å². The number of esters is 3. The van der Waals surface area contributed by atoms with E-state index in [4.69, 9.17) is 18.9 Å². The number of nitrogens with one attached hydrogen (secondary N) is 1. The Morgan fingerprint density at radius 1 is 0.984 bits per heavy atom. The van der Waals surface area contributed by atoms with Crippen LogP contribution in [0.3, 0.4) is 0 Å². The third-order valence-electron chi connectivity index (χ3n) is 14.8. The fourth-order valence-electron chi connectivity index (χ4n) is 12.5. The maximum atomic E-state index is 15.3. The Balaban J connectivity index is 1.50. The third-order valence-corrected chi connectivity index (χ3v) is 14.8. The topological polar surface area (TPSA) is 205 Å². The molecule has 5 heterocycles. The lowest BCUT2D eigenvalue weighted by Gasteiger charge is -2.63. The third kappa shape index (κ3) is 5.68. The number of fused-ring (bicyclic) bond motifs is 4. The number of rotatable bonds is 11. The summed E-state index contributed by atoms with van der Waals surface area (Å²) < 4.78 is 23.4. The lowest BCUT2D eigenvalue weighted by Crippen LogP contribution is -2.81. The molecular formula is C46H54N4O12. The molecule has 16 heteroatoms. The molecule has 1 saturated heterocycles. The van der Waals surface area contributed by atoms with Crippen molar-refractivity contribution in [3.05, 3.63) is 70.9 Å². The molecule has 1 aliphatic carbocycles. The van der Waals surface area contributed by atoms with E-state index in [1.54, 1.807) is 19.1 Å². The van der Waals surface area contributed by atoms with Crippen molar-refractivity contribution in [2.75, 3.05) is 52.4 Å². The van der Waals surface area contributed by atoms with Crippen molar-refractivity contribution in [1.29, 1.82) is 0 Å². The number of para-hydroxylation sites is 1. The maximum absolute atomic E-state index is 15.3. The van der Waals surface area contributed by atoms with Crippen LogP contribution in [0.15, 0.2) is 48.6 Å². The Hall–Kier alpha value is -5.58. The van der Waals surface area contributed by atoms with Gasteiger partial charge in [0.1, 0.15) is 17.3 Å². The van der Waals surface area contributed by atoms with E-state index in [1.165, 1.54) is 30.9 Å². The summed E-state index contributed by atoms with van der Waals surface area (Å²) in [5.41, 5.74) is -4.04. The molecule has 0 radical (unpaired) electrons. The number of carbonyl (C=O) groups is 6. The first kappa shape index (κ1) is 43.1. The zero-order chi connectivity index (χ0) is 44.5. The van der Waals surface area contributed by atoms with Gasteiger partial charge in [-0.3, -0.25) is 28.9 Å². The minimum Gasteiger partial charge on any atom is -0.496 e. The number of aromatic amines is 1. The first-order valence-electron chi connectivity index (χ1n) is 21.2. The number of benzene rings is 2. The average Bonchev–Trinajstić information content (AvgIpc) is 3.97. The Morgan fingerprint density at radius 3 is 2.37 bits per heavy atom. The largest absolute Gasteiger partial charge is 0.496 e. The molecule has 1 aromatic heterocycles. The van der Waals surface area contributed by atoms with Crippen LogP contribution in [0, 0.1) is 11.3 Å². The number of aliphatic hydroxyl groups excluding tert-OH is 1. The number of amides is 2. The van der Waals surface area contributed by atoms with Crippen LogP contribution < -0.4 is 9.64 Å². The van der Waals surface area contributed by atoms with Crippen molar-refractivity contribution < 1.29 is 57.9 Å². The Kier molecular flexibility index (Phi) is 10.9. The summed E-state index contributed by atoms with van der Waals surface area (Å²) in [6.45, 7) is 5.83. The summed E-state index contributed by atoms with van der Waals surface area (Å²) in [6.07, 6.45) is 2.66. The van der Waals surface area contributed by atoms with E-state index in [-0.39, 0.29) is 43.7 Å². The number of hydrogen-bond donors (Lipinski definition) is 3. The summed E-state index contributed by atoms with van der Waals surface area (Å²) in [6, 6.07) is 8.97. The van der Waals surface area contributed by atoms with Gasteiger partial charge in [-0.05, 0) is 55.5 Å².